The Morgan fingerprint density at radius 2 is 2.04 bits per heavy atom. The molecule has 1 atom stereocenters. The van der Waals surface area contributed by atoms with E-state index in [1.54, 1.807) is 27.0 Å². The number of esters is 1. The molecule has 0 aliphatic heterocycles. The topological polar surface area (TPSA) is 68.0 Å². The van der Waals surface area contributed by atoms with Crippen molar-refractivity contribution in [1.82, 2.24) is 9.55 Å². The number of hydrogen-bond donors (Lipinski definition) is 1. The van der Waals surface area contributed by atoms with E-state index >= 15 is 0 Å². The Morgan fingerprint density at radius 3 is 2.70 bits per heavy atom. The smallest absolute Gasteiger partial charge is 0.340 e. The first-order chi connectivity index (χ1) is 12.9. The number of Topliss-reactive ketones (excluding diaryl/α,β-unsaturated/α-hetero) is 1. The second-order valence-corrected chi connectivity index (χ2v) is 6.49. The number of nitrogens with one attached hydrogen (secondary N) is 1. The Morgan fingerprint density at radius 1 is 1.33 bits per heavy atom. The van der Waals surface area contributed by atoms with E-state index in [1.807, 2.05) is 46.7 Å². The van der Waals surface area contributed by atoms with Gasteiger partial charge in [0.15, 0.2) is 17.1 Å². The molecule has 0 bridgehead atoms. The number of benzene rings is 1. The second-order valence-electron chi connectivity index (χ2n) is 6.49. The third kappa shape index (κ3) is 3.07. The molecule has 0 aliphatic carbocycles. The predicted octanol–water partition coefficient (Wildman–Crippen LogP) is 3.59. The van der Waals surface area contributed by atoms with Gasteiger partial charge in [-0.15, -0.1) is 0 Å². The van der Waals surface area contributed by atoms with E-state index in [1.165, 1.54) is 0 Å². The summed E-state index contributed by atoms with van der Waals surface area (Å²) in [6.45, 7) is 11.3. The fourth-order valence-electron chi connectivity index (χ4n) is 3.45. The zero-order valence-electron chi connectivity index (χ0n) is 16.1. The Hall–Kier alpha value is -3.15. The largest absolute Gasteiger partial charge is 0.462 e. The molecule has 1 aromatic carbocycles. The number of aromatic nitrogens is 3. The number of hydrogen-bond acceptors (Lipinski definition) is 3. The van der Waals surface area contributed by atoms with E-state index in [0.29, 0.717) is 29.1 Å². The lowest BCUT2D eigenvalue weighted by atomic mass is 10.0. The van der Waals surface area contributed by atoms with Gasteiger partial charge in [-0.2, -0.15) is 0 Å². The standard InChI is InChI=1S/C21H23N3O3/c1-6-23-12-24(17-11-9-8-10-16(17)23)15(5)20(25)19-13(3)18(14(4)22-19)21(26)27-7-2/h6,8-12,15H,1,7H2,2-5H3/p+1/t15-/m1/s1. The molecule has 3 rings (SSSR count). The first-order valence-electron chi connectivity index (χ1n) is 8.94. The van der Waals surface area contributed by atoms with Crippen LogP contribution < -0.4 is 4.57 Å². The number of nitrogens with zero attached hydrogens (tertiary/aromatic N) is 2. The number of ketones is 1. The van der Waals surface area contributed by atoms with Crippen LogP contribution in [-0.4, -0.2) is 27.9 Å². The van der Waals surface area contributed by atoms with Gasteiger partial charge in [-0.1, -0.05) is 18.7 Å². The minimum atomic E-state index is -0.456. The molecular weight excluding hydrogens is 342 g/mol. The molecule has 0 fully saturated rings. The molecule has 0 spiro atoms. The maximum Gasteiger partial charge on any atom is 0.340 e. The molecule has 140 valence electrons. The van der Waals surface area contributed by atoms with Gasteiger partial charge in [-0.05, 0) is 45.4 Å². The number of ether oxygens (including phenoxy) is 1. The molecular formula is C21H24N3O3+. The highest BCUT2D eigenvalue weighted by molar-refractivity contribution is 6.02. The zero-order valence-corrected chi connectivity index (χ0v) is 16.1. The van der Waals surface area contributed by atoms with Crippen LogP contribution >= 0.6 is 0 Å². The SMILES string of the molecule is C=Cn1c[n+]([C@H](C)C(=O)c2[nH]c(C)c(C(=O)OCC)c2C)c2ccccc21. The van der Waals surface area contributed by atoms with Gasteiger partial charge >= 0.3 is 5.97 Å². The third-order valence-corrected chi connectivity index (χ3v) is 4.84. The highest BCUT2D eigenvalue weighted by Gasteiger charge is 2.30. The first kappa shape index (κ1) is 18.6. The maximum atomic E-state index is 13.2. The first-order valence-corrected chi connectivity index (χ1v) is 8.94. The molecule has 0 aliphatic rings. The summed E-state index contributed by atoms with van der Waals surface area (Å²) in [5, 5.41) is 0. The van der Waals surface area contributed by atoms with Gasteiger partial charge in [0.05, 0.1) is 24.1 Å². The van der Waals surface area contributed by atoms with Crippen LogP contribution in [0.2, 0.25) is 0 Å². The van der Waals surface area contributed by atoms with Crippen LogP contribution in [-0.2, 0) is 4.74 Å². The van der Waals surface area contributed by atoms with Crippen molar-refractivity contribution >= 4 is 29.0 Å². The molecule has 1 N–H and O–H groups in total. The van der Waals surface area contributed by atoms with Gasteiger partial charge in [-0.25, -0.2) is 13.9 Å². The van der Waals surface area contributed by atoms with Gasteiger partial charge in [0.2, 0.25) is 12.1 Å². The molecule has 0 saturated carbocycles. The number of fused-ring (bicyclic) bond motifs is 1. The second kappa shape index (κ2) is 7.23. The van der Waals surface area contributed by atoms with Crippen LogP contribution in [0.15, 0.2) is 37.2 Å². The normalized spacial score (nSPS) is 12.1. The summed E-state index contributed by atoms with van der Waals surface area (Å²) in [5.41, 5.74) is 4.04. The average molecular weight is 366 g/mol. The number of H-pyrrole nitrogens is 1. The van der Waals surface area contributed by atoms with E-state index in [4.69, 9.17) is 4.74 Å². The van der Waals surface area contributed by atoms with E-state index in [0.717, 1.165) is 11.0 Å². The summed E-state index contributed by atoms with van der Waals surface area (Å²) in [4.78, 5) is 28.5. The molecule has 0 unspecified atom stereocenters. The quantitative estimate of drug-likeness (QED) is 0.412. The number of aryl methyl sites for hydroxylation is 1. The molecule has 6 nitrogen and oxygen atoms in total. The molecule has 0 amide bonds. The van der Waals surface area contributed by atoms with Crippen molar-refractivity contribution in [3.8, 4) is 0 Å². The maximum absolute atomic E-state index is 13.2. The third-order valence-electron chi connectivity index (χ3n) is 4.84. The summed E-state index contributed by atoms with van der Waals surface area (Å²) >= 11 is 0. The monoisotopic (exact) mass is 366 g/mol. The van der Waals surface area contributed by atoms with Crippen molar-refractivity contribution in [2.45, 2.75) is 33.7 Å². The molecule has 2 aromatic heterocycles. The summed E-state index contributed by atoms with van der Waals surface area (Å²) in [7, 11) is 0. The van der Waals surface area contributed by atoms with Crippen LogP contribution in [0, 0.1) is 13.8 Å². The van der Waals surface area contributed by atoms with Gasteiger partial charge in [0, 0.05) is 5.69 Å². The van der Waals surface area contributed by atoms with E-state index in [-0.39, 0.29) is 5.78 Å². The molecule has 6 heteroatoms. The Bertz CT molecular complexity index is 1040. The van der Waals surface area contributed by atoms with Crippen molar-refractivity contribution in [2.75, 3.05) is 6.61 Å². The van der Waals surface area contributed by atoms with Crippen molar-refractivity contribution in [1.29, 1.82) is 0 Å². The van der Waals surface area contributed by atoms with Crippen molar-refractivity contribution < 1.29 is 18.9 Å². The van der Waals surface area contributed by atoms with Gasteiger partial charge in [0.25, 0.3) is 0 Å². The molecule has 0 radical (unpaired) electrons. The fourth-order valence-corrected chi connectivity index (χ4v) is 3.45. The van der Waals surface area contributed by atoms with Crippen molar-refractivity contribution in [2.24, 2.45) is 0 Å². The zero-order chi connectivity index (χ0) is 19.7. The van der Waals surface area contributed by atoms with Gasteiger partial charge in [-0.3, -0.25) is 4.79 Å². The van der Waals surface area contributed by atoms with E-state index in [9.17, 15) is 9.59 Å². The van der Waals surface area contributed by atoms with Crippen LogP contribution in [0.5, 0.6) is 0 Å². The summed E-state index contributed by atoms with van der Waals surface area (Å²) in [6.07, 6.45) is 3.57. The Kier molecular flexibility index (Phi) is 4.99. The lowest BCUT2D eigenvalue weighted by Crippen LogP contribution is -2.41. The van der Waals surface area contributed by atoms with Gasteiger partial charge in [0.1, 0.15) is 0 Å². The lowest BCUT2D eigenvalue weighted by molar-refractivity contribution is -0.679. The van der Waals surface area contributed by atoms with Crippen LogP contribution in [0.25, 0.3) is 17.2 Å². The highest BCUT2D eigenvalue weighted by Crippen LogP contribution is 2.23. The minimum Gasteiger partial charge on any atom is -0.462 e. The Balaban J connectivity index is 2.04. The lowest BCUT2D eigenvalue weighted by Gasteiger charge is -2.08. The molecule has 27 heavy (non-hydrogen) atoms. The summed E-state index contributed by atoms with van der Waals surface area (Å²) < 4.78 is 8.91. The van der Waals surface area contributed by atoms with Crippen molar-refractivity contribution in [3.05, 3.63) is 59.7 Å². The number of rotatable bonds is 6. The van der Waals surface area contributed by atoms with Crippen LogP contribution in [0.1, 0.15) is 52.0 Å². The predicted molar refractivity (Wildman–Crippen MR) is 104 cm³/mol. The fraction of sp³-hybridized carbons (Fsp3) is 0.286. The number of carbonyl (C=O) groups excluding carboxylic acids is 2. The Labute approximate surface area is 158 Å². The van der Waals surface area contributed by atoms with E-state index in [2.05, 4.69) is 11.6 Å². The average Bonchev–Trinajstić information content (AvgIpc) is 3.18. The highest BCUT2D eigenvalue weighted by atomic mass is 16.5. The number of carbonyl (C=O) groups is 2. The van der Waals surface area contributed by atoms with E-state index < -0.39 is 12.0 Å². The summed E-state index contributed by atoms with van der Waals surface area (Å²) in [6, 6.07) is 7.38. The molecule has 0 saturated heterocycles. The van der Waals surface area contributed by atoms with Gasteiger partial charge < -0.3 is 9.72 Å². The minimum absolute atomic E-state index is 0.0943. The number of imidazole rings is 1. The van der Waals surface area contributed by atoms with Crippen LogP contribution in [0.4, 0.5) is 0 Å². The summed E-state index contributed by atoms with van der Waals surface area (Å²) in [5.74, 6) is -0.505. The number of aromatic amines is 1. The van der Waals surface area contributed by atoms with Crippen LogP contribution in [0.3, 0.4) is 0 Å². The van der Waals surface area contributed by atoms with Crippen molar-refractivity contribution in [3.63, 3.8) is 0 Å². The molecule has 2 heterocycles. The number of para-hydroxylation sites is 2. The molecule has 3 aromatic rings.